The molecule has 2 aromatic heterocycles. The summed E-state index contributed by atoms with van der Waals surface area (Å²) in [4.78, 5) is 60.7. The number of β-amino-alcohol motifs (C(OH)–C–C–N with tert-alkyl or cyclic N) is 1. The molecule has 2 aliphatic rings. The number of halogens is 1. The Morgan fingerprint density at radius 1 is 1.03 bits per heavy atom. The zero-order valence-corrected chi connectivity index (χ0v) is 37.8. The van der Waals surface area contributed by atoms with Crippen LogP contribution in [0.1, 0.15) is 73.6 Å². The minimum Gasteiger partial charge on any atom is -0.493 e. The molecule has 1 saturated carbocycles. The van der Waals surface area contributed by atoms with Crippen LogP contribution in [0.15, 0.2) is 78.4 Å². The smallest absolute Gasteiger partial charge is 0.335 e. The summed E-state index contributed by atoms with van der Waals surface area (Å²) in [6.07, 6.45) is 1.96. The molecule has 3 aromatic carbocycles. The van der Waals surface area contributed by atoms with Crippen molar-refractivity contribution >= 4 is 45.9 Å². The van der Waals surface area contributed by atoms with Crippen LogP contribution in [0.4, 0.5) is 4.39 Å². The SMILES string of the molecule is Cc1ncsc1-c1ccc(CNC(=O)[C@@H]2C[C@@H](O)CN2C(=O)[C@@H](NC(=O)C2(F)CC2)C(C)(C)C)c(OCCCN(C)Cc2ccc(OCCn3ccc4ccc(C(=O)O)cc43)cc2)c1. The standard InChI is InChI=1S/C48H57FN6O8S/c1-30-41(64-29-51-30)33-10-12-35(26-50-43(57)39-25-36(56)28-55(39)44(58)42(47(2,3)4)52-46(61)48(49)16-17-48)40(24-33)63-21-6-18-53(5)27-31-7-13-37(14-8-31)62-22-20-54-19-15-32-9-11-34(45(59)60)23-38(32)54/h7-15,19,23-24,29,36,39,42,56H,6,16-18,20-22,25-28H2,1-5H3,(H,50,57)(H,52,61)(H,59,60)/t36-,39+,42-/m1/s1. The third-order valence-corrected chi connectivity index (χ3v) is 12.8. The van der Waals surface area contributed by atoms with Crippen molar-refractivity contribution in [2.75, 3.05) is 33.4 Å². The van der Waals surface area contributed by atoms with Gasteiger partial charge in [-0.1, -0.05) is 51.1 Å². The van der Waals surface area contributed by atoms with E-state index in [0.717, 1.165) is 56.9 Å². The second-order valence-electron chi connectivity index (χ2n) is 18.0. The van der Waals surface area contributed by atoms with Gasteiger partial charge in [-0.3, -0.25) is 14.4 Å². The number of aliphatic hydroxyl groups is 1. The van der Waals surface area contributed by atoms with E-state index in [1.165, 1.54) is 16.2 Å². The molecule has 3 atom stereocenters. The molecule has 0 unspecified atom stereocenters. The number of carboxylic acid groups (broad SMARTS) is 1. The number of aromatic carboxylic acids is 1. The van der Waals surface area contributed by atoms with Crippen LogP contribution < -0.4 is 20.1 Å². The van der Waals surface area contributed by atoms with Gasteiger partial charge >= 0.3 is 5.97 Å². The molecule has 4 N–H and O–H groups in total. The van der Waals surface area contributed by atoms with Crippen LogP contribution in [-0.4, -0.2) is 110 Å². The Hall–Kier alpha value is -5.84. The third-order valence-electron chi connectivity index (χ3n) is 11.8. The number of hydrogen-bond acceptors (Lipinski definition) is 10. The number of rotatable bonds is 19. The number of nitrogens with zero attached hydrogens (tertiary/aromatic N) is 4. The van der Waals surface area contributed by atoms with Crippen LogP contribution in [0.2, 0.25) is 0 Å². The number of alkyl halides is 1. The lowest BCUT2D eigenvalue weighted by Crippen LogP contribution is -2.59. The number of benzene rings is 3. The van der Waals surface area contributed by atoms with Crippen molar-refractivity contribution < 1.29 is 43.3 Å². The number of ether oxygens (including phenoxy) is 2. The number of aromatic nitrogens is 2. The number of carbonyl (C=O) groups is 4. The maximum absolute atomic E-state index is 14.6. The fraction of sp³-hybridized carbons (Fsp3) is 0.438. The molecule has 0 radical (unpaired) electrons. The Labute approximate surface area is 376 Å². The second-order valence-corrected chi connectivity index (χ2v) is 18.8. The molecule has 5 aromatic rings. The molecule has 7 rings (SSSR count). The number of carbonyl (C=O) groups excluding carboxylic acids is 3. The van der Waals surface area contributed by atoms with Crippen LogP contribution in [0.25, 0.3) is 21.3 Å². The lowest BCUT2D eigenvalue weighted by atomic mass is 9.85. The fourth-order valence-electron chi connectivity index (χ4n) is 7.95. The van der Waals surface area contributed by atoms with Gasteiger partial charge in [0.15, 0.2) is 5.67 Å². The molecule has 1 aliphatic carbocycles. The van der Waals surface area contributed by atoms with Gasteiger partial charge in [0.05, 0.1) is 40.9 Å². The number of likely N-dealkylation sites (tertiary alicyclic amines) is 1. The van der Waals surface area contributed by atoms with Gasteiger partial charge < -0.3 is 44.7 Å². The van der Waals surface area contributed by atoms with Crippen molar-refractivity contribution in [1.29, 1.82) is 0 Å². The quantitative estimate of drug-likeness (QED) is 0.0683. The number of aliphatic hydroxyl groups excluding tert-OH is 1. The molecular formula is C48H57FN6O8S. The van der Waals surface area contributed by atoms with Crippen LogP contribution >= 0.6 is 11.3 Å². The predicted octanol–water partition coefficient (Wildman–Crippen LogP) is 6.36. The van der Waals surface area contributed by atoms with Crippen molar-refractivity contribution in [2.24, 2.45) is 5.41 Å². The molecule has 0 spiro atoms. The highest BCUT2D eigenvalue weighted by molar-refractivity contribution is 7.13. The molecule has 3 heterocycles. The highest BCUT2D eigenvalue weighted by Crippen LogP contribution is 2.40. The highest BCUT2D eigenvalue weighted by atomic mass is 32.1. The summed E-state index contributed by atoms with van der Waals surface area (Å²) in [6, 6.07) is 18.8. The molecular weight excluding hydrogens is 840 g/mol. The lowest BCUT2D eigenvalue weighted by molar-refractivity contribution is -0.145. The number of hydrogen-bond donors (Lipinski definition) is 4. The Kier molecular flexibility index (Phi) is 14.1. The fourth-order valence-corrected chi connectivity index (χ4v) is 8.75. The monoisotopic (exact) mass is 896 g/mol. The van der Waals surface area contributed by atoms with Gasteiger partial charge in [-0.25, -0.2) is 14.2 Å². The number of nitrogens with one attached hydrogen (secondary N) is 2. The van der Waals surface area contributed by atoms with E-state index in [4.69, 9.17) is 9.47 Å². The molecule has 1 aliphatic heterocycles. The zero-order chi connectivity index (χ0) is 45.8. The second kappa shape index (κ2) is 19.5. The predicted molar refractivity (Wildman–Crippen MR) is 242 cm³/mol. The first-order chi connectivity index (χ1) is 30.5. The molecule has 14 nitrogen and oxygen atoms in total. The van der Waals surface area contributed by atoms with Crippen molar-refractivity contribution in [3.63, 3.8) is 0 Å². The minimum atomic E-state index is -1.97. The van der Waals surface area contributed by atoms with Gasteiger partial charge in [0, 0.05) is 49.9 Å². The maximum Gasteiger partial charge on any atom is 0.335 e. The van der Waals surface area contributed by atoms with E-state index in [-0.39, 0.29) is 37.9 Å². The molecule has 340 valence electrons. The molecule has 64 heavy (non-hydrogen) atoms. The van der Waals surface area contributed by atoms with Crippen molar-refractivity contribution in [3.8, 4) is 21.9 Å². The normalized spacial score (nSPS) is 17.3. The zero-order valence-electron chi connectivity index (χ0n) is 36.9. The van der Waals surface area contributed by atoms with Crippen molar-refractivity contribution in [2.45, 2.75) is 96.9 Å². The molecule has 0 bridgehead atoms. The topological polar surface area (TPSA) is 176 Å². The van der Waals surface area contributed by atoms with Crippen LogP contribution in [0, 0.1) is 12.3 Å². The van der Waals surface area contributed by atoms with E-state index in [9.17, 15) is 33.8 Å². The van der Waals surface area contributed by atoms with Crippen molar-refractivity contribution in [3.05, 3.63) is 101 Å². The van der Waals surface area contributed by atoms with E-state index in [1.807, 2.05) is 79.3 Å². The largest absolute Gasteiger partial charge is 0.493 e. The number of amides is 3. The van der Waals surface area contributed by atoms with Gasteiger partial charge in [0.2, 0.25) is 11.8 Å². The Bertz CT molecular complexity index is 2480. The first-order valence-corrected chi connectivity index (χ1v) is 22.5. The van der Waals surface area contributed by atoms with E-state index in [2.05, 4.69) is 20.5 Å². The van der Waals surface area contributed by atoms with Gasteiger partial charge in [0.1, 0.15) is 30.2 Å². The van der Waals surface area contributed by atoms with Gasteiger partial charge in [-0.15, -0.1) is 11.3 Å². The Morgan fingerprint density at radius 3 is 2.48 bits per heavy atom. The summed E-state index contributed by atoms with van der Waals surface area (Å²) in [5.41, 5.74) is 3.84. The van der Waals surface area contributed by atoms with E-state index in [0.29, 0.717) is 32.1 Å². The minimum absolute atomic E-state index is 0.0277. The lowest BCUT2D eigenvalue weighted by Gasteiger charge is -2.35. The maximum atomic E-state index is 14.6. The average molecular weight is 897 g/mol. The van der Waals surface area contributed by atoms with Gasteiger partial charge in [-0.05, 0) is 91.6 Å². The third kappa shape index (κ3) is 11.1. The summed E-state index contributed by atoms with van der Waals surface area (Å²) >= 11 is 1.53. The van der Waals surface area contributed by atoms with E-state index < -0.39 is 53.0 Å². The Balaban J connectivity index is 0.919. The first-order valence-electron chi connectivity index (χ1n) is 21.6. The Morgan fingerprint density at radius 2 is 1.80 bits per heavy atom. The molecule has 2 fully saturated rings. The van der Waals surface area contributed by atoms with Crippen molar-refractivity contribution in [1.82, 2.24) is 30.0 Å². The summed E-state index contributed by atoms with van der Waals surface area (Å²) in [7, 11) is 2.05. The molecule has 16 heteroatoms. The first kappa shape index (κ1) is 46.2. The van der Waals surface area contributed by atoms with Gasteiger partial charge in [-0.2, -0.15) is 0 Å². The van der Waals surface area contributed by atoms with E-state index >= 15 is 0 Å². The highest BCUT2D eigenvalue weighted by Gasteiger charge is 2.53. The molecule has 3 amide bonds. The number of thiazole rings is 1. The van der Waals surface area contributed by atoms with E-state index in [1.54, 1.807) is 38.4 Å². The van der Waals surface area contributed by atoms with Crippen LogP contribution in [-0.2, 0) is 34.0 Å². The summed E-state index contributed by atoms with van der Waals surface area (Å²) in [6.45, 7) is 10.1. The molecule has 1 saturated heterocycles. The average Bonchev–Trinajstić information content (AvgIpc) is 3.52. The van der Waals surface area contributed by atoms with Gasteiger partial charge in [0.25, 0.3) is 5.91 Å². The summed E-state index contributed by atoms with van der Waals surface area (Å²) in [5.74, 6) is -1.43. The summed E-state index contributed by atoms with van der Waals surface area (Å²) < 4.78 is 29.0. The van der Waals surface area contributed by atoms with Crippen LogP contribution in [0.5, 0.6) is 11.5 Å². The summed E-state index contributed by atoms with van der Waals surface area (Å²) in [5, 5.41) is 26.5. The number of fused-ring (bicyclic) bond motifs is 1. The number of carboxylic acids is 1. The van der Waals surface area contributed by atoms with Crippen LogP contribution in [0.3, 0.4) is 0 Å². The number of aryl methyl sites for hydroxylation is 1.